The van der Waals surface area contributed by atoms with E-state index in [2.05, 4.69) is 16.0 Å². The molecule has 3 aromatic rings. The Hall–Kier alpha value is -3.25. The van der Waals surface area contributed by atoms with Gasteiger partial charge in [-0.3, -0.25) is 9.59 Å². The first-order chi connectivity index (χ1) is 14.1. The SMILES string of the molecule is CCCNC(=O)c1cccc(NC(=S)NC(=O)Cc2cccc3ccccc23)c1. The van der Waals surface area contributed by atoms with Crippen molar-refractivity contribution < 1.29 is 9.59 Å². The number of rotatable bonds is 6. The fourth-order valence-electron chi connectivity index (χ4n) is 3.03. The van der Waals surface area contributed by atoms with Crippen LogP contribution in [-0.2, 0) is 11.2 Å². The number of thiocarbonyl (C=S) groups is 1. The van der Waals surface area contributed by atoms with Crippen LogP contribution in [0.25, 0.3) is 10.8 Å². The minimum absolute atomic E-state index is 0.138. The molecule has 0 spiro atoms. The topological polar surface area (TPSA) is 70.2 Å². The predicted molar refractivity (Wildman–Crippen MR) is 121 cm³/mol. The zero-order valence-electron chi connectivity index (χ0n) is 16.2. The van der Waals surface area contributed by atoms with E-state index in [-0.39, 0.29) is 23.3 Å². The van der Waals surface area contributed by atoms with Gasteiger partial charge in [0.1, 0.15) is 0 Å². The van der Waals surface area contributed by atoms with Gasteiger partial charge in [0, 0.05) is 17.8 Å². The van der Waals surface area contributed by atoms with Gasteiger partial charge in [-0.1, -0.05) is 55.5 Å². The van der Waals surface area contributed by atoms with Crippen LogP contribution in [0.1, 0.15) is 29.3 Å². The van der Waals surface area contributed by atoms with E-state index >= 15 is 0 Å². The van der Waals surface area contributed by atoms with Crippen LogP contribution in [0.2, 0.25) is 0 Å². The lowest BCUT2D eigenvalue weighted by molar-refractivity contribution is -0.119. The molecule has 0 aliphatic carbocycles. The number of nitrogens with one attached hydrogen (secondary N) is 3. The van der Waals surface area contributed by atoms with Crippen molar-refractivity contribution in [2.45, 2.75) is 19.8 Å². The molecule has 0 saturated heterocycles. The van der Waals surface area contributed by atoms with E-state index in [4.69, 9.17) is 12.2 Å². The summed E-state index contributed by atoms with van der Waals surface area (Å²) >= 11 is 5.26. The van der Waals surface area contributed by atoms with E-state index in [1.807, 2.05) is 49.4 Å². The van der Waals surface area contributed by atoms with Crippen molar-refractivity contribution in [1.82, 2.24) is 10.6 Å². The zero-order valence-corrected chi connectivity index (χ0v) is 17.0. The Morgan fingerprint density at radius 3 is 2.55 bits per heavy atom. The minimum Gasteiger partial charge on any atom is -0.352 e. The van der Waals surface area contributed by atoms with E-state index in [0.29, 0.717) is 17.8 Å². The molecule has 3 aromatic carbocycles. The monoisotopic (exact) mass is 405 g/mol. The quantitative estimate of drug-likeness (QED) is 0.542. The molecule has 0 saturated carbocycles. The Morgan fingerprint density at radius 1 is 0.966 bits per heavy atom. The molecular weight excluding hydrogens is 382 g/mol. The van der Waals surface area contributed by atoms with E-state index in [1.165, 1.54) is 0 Å². The van der Waals surface area contributed by atoms with E-state index in [1.54, 1.807) is 24.3 Å². The molecule has 3 rings (SSSR count). The molecule has 0 heterocycles. The normalized spacial score (nSPS) is 10.4. The summed E-state index contributed by atoms with van der Waals surface area (Å²) in [6.07, 6.45) is 1.10. The predicted octanol–water partition coefficient (Wildman–Crippen LogP) is 4.04. The van der Waals surface area contributed by atoms with E-state index in [0.717, 1.165) is 22.8 Å². The van der Waals surface area contributed by atoms with Crippen LogP contribution in [0.15, 0.2) is 66.7 Å². The van der Waals surface area contributed by atoms with Gasteiger partial charge in [0.2, 0.25) is 5.91 Å². The highest BCUT2D eigenvalue weighted by Gasteiger charge is 2.10. The maximum absolute atomic E-state index is 12.4. The van der Waals surface area contributed by atoms with Gasteiger partial charge in [-0.25, -0.2) is 0 Å². The van der Waals surface area contributed by atoms with Gasteiger partial charge in [0.25, 0.3) is 5.91 Å². The Kier molecular flexibility index (Phi) is 6.92. The van der Waals surface area contributed by atoms with Crippen molar-refractivity contribution in [2.75, 3.05) is 11.9 Å². The number of benzene rings is 3. The number of hydrogen-bond donors (Lipinski definition) is 3. The van der Waals surface area contributed by atoms with Crippen LogP contribution in [0, 0.1) is 0 Å². The standard InChI is InChI=1S/C23H23N3O2S/c1-2-13-24-22(28)18-10-6-11-19(14-18)25-23(29)26-21(27)15-17-9-5-8-16-7-3-4-12-20(16)17/h3-12,14H,2,13,15H2,1H3,(H,24,28)(H2,25,26,27,29). The smallest absolute Gasteiger partial charge is 0.251 e. The third-order valence-corrected chi connectivity index (χ3v) is 4.61. The molecular formula is C23H23N3O2S. The van der Waals surface area contributed by atoms with Crippen LogP contribution in [0.4, 0.5) is 5.69 Å². The summed E-state index contributed by atoms with van der Waals surface area (Å²) in [6.45, 7) is 2.62. The van der Waals surface area contributed by atoms with Gasteiger partial charge in [-0.2, -0.15) is 0 Å². The van der Waals surface area contributed by atoms with Crippen LogP contribution >= 0.6 is 12.2 Å². The molecule has 0 fully saturated rings. The Morgan fingerprint density at radius 2 is 1.72 bits per heavy atom. The van der Waals surface area contributed by atoms with Crippen molar-refractivity contribution in [2.24, 2.45) is 0 Å². The third kappa shape index (κ3) is 5.62. The fourth-order valence-corrected chi connectivity index (χ4v) is 3.26. The second kappa shape index (κ2) is 9.80. The first-order valence-electron chi connectivity index (χ1n) is 9.52. The highest BCUT2D eigenvalue weighted by molar-refractivity contribution is 7.80. The molecule has 5 nitrogen and oxygen atoms in total. The number of hydrogen-bond acceptors (Lipinski definition) is 3. The lowest BCUT2D eigenvalue weighted by Gasteiger charge is -2.12. The molecule has 0 atom stereocenters. The van der Waals surface area contributed by atoms with Gasteiger partial charge in [-0.15, -0.1) is 0 Å². The molecule has 148 valence electrons. The molecule has 2 amide bonds. The number of anilines is 1. The van der Waals surface area contributed by atoms with Crippen LogP contribution in [0.5, 0.6) is 0 Å². The first-order valence-corrected chi connectivity index (χ1v) is 9.93. The van der Waals surface area contributed by atoms with Crippen molar-refractivity contribution in [3.63, 3.8) is 0 Å². The van der Waals surface area contributed by atoms with Crippen molar-refractivity contribution in [3.8, 4) is 0 Å². The summed E-state index contributed by atoms with van der Waals surface area (Å²) in [5, 5.41) is 10.8. The second-order valence-corrected chi connectivity index (χ2v) is 7.06. The maximum Gasteiger partial charge on any atom is 0.251 e. The average Bonchev–Trinajstić information content (AvgIpc) is 2.72. The number of carbonyl (C=O) groups excluding carboxylic acids is 2. The van der Waals surface area contributed by atoms with E-state index < -0.39 is 0 Å². The Bertz CT molecular complexity index is 1040. The average molecular weight is 406 g/mol. The first kappa shape index (κ1) is 20.5. The molecule has 0 aliphatic rings. The lowest BCUT2D eigenvalue weighted by Crippen LogP contribution is -2.35. The van der Waals surface area contributed by atoms with Crippen LogP contribution in [0.3, 0.4) is 0 Å². The molecule has 3 N–H and O–H groups in total. The fraction of sp³-hybridized carbons (Fsp3) is 0.174. The summed E-state index contributed by atoms with van der Waals surface area (Å²) in [6, 6.07) is 20.9. The summed E-state index contributed by atoms with van der Waals surface area (Å²) in [7, 11) is 0. The molecule has 6 heteroatoms. The lowest BCUT2D eigenvalue weighted by atomic mass is 10.0. The number of carbonyl (C=O) groups is 2. The van der Waals surface area contributed by atoms with Gasteiger partial charge < -0.3 is 16.0 Å². The molecule has 29 heavy (non-hydrogen) atoms. The van der Waals surface area contributed by atoms with Gasteiger partial charge in [-0.05, 0) is 53.2 Å². The molecule has 0 aromatic heterocycles. The largest absolute Gasteiger partial charge is 0.352 e. The summed E-state index contributed by atoms with van der Waals surface area (Å²) < 4.78 is 0. The van der Waals surface area contributed by atoms with Crippen LogP contribution < -0.4 is 16.0 Å². The van der Waals surface area contributed by atoms with E-state index in [9.17, 15) is 9.59 Å². The van der Waals surface area contributed by atoms with Gasteiger partial charge >= 0.3 is 0 Å². The van der Waals surface area contributed by atoms with Gasteiger partial charge in [0.15, 0.2) is 5.11 Å². The maximum atomic E-state index is 12.4. The number of amides is 2. The molecule has 0 bridgehead atoms. The van der Waals surface area contributed by atoms with Crippen molar-refractivity contribution in [1.29, 1.82) is 0 Å². The summed E-state index contributed by atoms with van der Waals surface area (Å²) in [4.78, 5) is 24.5. The molecule has 0 radical (unpaired) electrons. The highest BCUT2D eigenvalue weighted by Crippen LogP contribution is 2.19. The number of fused-ring (bicyclic) bond motifs is 1. The summed E-state index contributed by atoms with van der Waals surface area (Å²) in [5.41, 5.74) is 2.12. The van der Waals surface area contributed by atoms with Crippen LogP contribution in [-0.4, -0.2) is 23.5 Å². The third-order valence-electron chi connectivity index (χ3n) is 4.40. The Balaban J connectivity index is 1.60. The van der Waals surface area contributed by atoms with Crippen molar-refractivity contribution >= 4 is 45.6 Å². The zero-order chi connectivity index (χ0) is 20.6. The molecule has 0 aliphatic heterocycles. The highest BCUT2D eigenvalue weighted by atomic mass is 32.1. The Labute approximate surface area is 175 Å². The molecule has 0 unspecified atom stereocenters. The minimum atomic E-state index is -0.198. The second-order valence-electron chi connectivity index (χ2n) is 6.65. The van der Waals surface area contributed by atoms with Crippen molar-refractivity contribution in [3.05, 3.63) is 77.9 Å². The van der Waals surface area contributed by atoms with Gasteiger partial charge in [0.05, 0.1) is 6.42 Å². The summed E-state index contributed by atoms with van der Waals surface area (Å²) in [5.74, 6) is -0.336.